The number of ether oxygens (including phenoxy) is 2. The summed E-state index contributed by atoms with van der Waals surface area (Å²) in [6, 6.07) is 20.4. The molecule has 0 spiro atoms. The van der Waals surface area contributed by atoms with Crippen molar-refractivity contribution in [1.82, 2.24) is 5.32 Å². The van der Waals surface area contributed by atoms with Gasteiger partial charge in [-0.1, -0.05) is 60.7 Å². The number of alkyl carbamates (subject to hydrolysis) is 1. The topological polar surface area (TPSA) is 83.1 Å². The third kappa shape index (κ3) is 5.85. The zero-order valence-electron chi connectivity index (χ0n) is 24.5. The number of esters is 1. The molecule has 3 aromatic rings. The highest BCUT2D eigenvalue weighted by Crippen LogP contribution is 2.44. The minimum Gasteiger partial charge on any atom is -0.462 e. The first-order valence-electron chi connectivity index (χ1n) is 14.1. The predicted molar refractivity (Wildman–Crippen MR) is 159 cm³/mol. The molecule has 2 aliphatic rings. The number of hydrogen-bond donors (Lipinski definition) is 1. The van der Waals surface area contributed by atoms with E-state index >= 15 is 0 Å². The number of benzene rings is 3. The molecule has 218 valence electrons. The average molecular weight is 571 g/mol. The van der Waals surface area contributed by atoms with Crippen molar-refractivity contribution in [2.24, 2.45) is 0 Å². The van der Waals surface area contributed by atoms with E-state index in [0.29, 0.717) is 11.0 Å². The number of amides is 1. The Labute approximate surface area is 246 Å². The largest absolute Gasteiger partial charge is 0.492 e. The molecule has 0 unspecified atom stereocenters. The molecule has 5 rings (SSSR count). The van der Waals surface area contributed by atoms with Crippen molar-refractivity contribution in [3.63, 3.8) is 0 Å². The van der Waals surface area contributed by atoms with Crippen LogP contribution < -0.4 is 5.32 Å². The Morgan fingerprint density at radius 1 is 0.929 bits per heavy atom. The van der Waals surface area contributed by atoms with Crippen molar-refractivity contribution < 1.29 is 32.8 Å². The van der Waals surface area contributed by atoms with Crippen LogP contribution in [0.5, 0.6) is 0 Å². The SMILES string of the molecule is CCOC(=O)c1cc(C=C(CNC(=O)OCC2c3ccccc3-c3ccccc32)B2OC(C)(C)C(C)(C)O2)ccc1F. The molecule has 1 heterocycles. The average Bonchev–Trinajstić information content (AvgIpc) is 3.39. The molecule has 0 bridgehead atoms. The maximum Gasteiger partial charge on any atom is 0.492 e. The van der Waals surface area contributed by atoms with E-state index in [9.17, 15) is 14.0 Å². The molecule has 0 radical (unpaired) electrons. The van der Waals surface area contributed by atoms with E-state index in [2.05, 4.69) is 29.6 Å². The van der Waals surface area contributed by atoms with Crippen molar-refractivity contribution in [2.75, 3.05) is 19.8 Å². The van der Waals surface area contributed by atoms with Crippen LogP contribution in [-0.4, -0.2) is 50.1 Å². The lowest BCUT2D eigenvalue weighted by Crippen LogP contribution is -2.41. The third-order valence-electron chi connectivity index (χ3n) is 8.17. The summed E-state index contributed by atoms with van der Waals surface area (Å²) in [7, 11) is -0.792. The Balaban J connectivity index is 1.33. The van der Waals surface area contributed by atoms with Gasteiger partial charge in [0.05, 0.1) is 23.4 Å². The molecular weight excluding hydrogens is 536 g/mol. The fourth-order valence-electron chi connectivity index (χ4n) is 5.23. The van der Waals surface area contributed by atoms with E-state index in [1.54, 1.807) is 13.0 Å². The lowest BCUT2D eigenvalue weighted by atomic mass is 9.77. The van der Waals surface area contributed by atoms with Crippen molar-refractivity contribution in [3.05, 3.63) is 100 Å². The summed E-state index contributed by atoms with van der Waals surface area (Å²) in [5.74, 6) is -1.50. The van der Waals surface area contributed by atoms with Crippen LogP contribution >= 0.6 is 0 Å². The molecule has 1 N–H and O–H groups in total. The number of rotatable bonds is 8. The molecule has 1 aliphatic carbocycles. The highest BCUT2D eigenvalue weighted by Gasteiger charge is 2.52. The molecule has 1 fully saturated rings. The highest BCUT2D eigenvalue weighted by molar-refractivity contribution is 6.56. The highest BCUT2D eigenvalue weighted by atomic mass is 19.1. The molecule has 0 aromatic heterocycles. The van der Waals surface area contributed by atoms with Gasteiger partial charge in [-0.3, -0.25) is 0 Å². The standard InChI is InChI=1S/C33H35BFNO6/c1-6-39-30(37)27-18-21(15-16-29(27)35)17-22(34-41-32(2,3)33(4,5)42-34)19-36-31(38)40-20-28-25-13-9-7-11-23(25)24-12-8-10-14-26(24)28/h7-18,28H,6,19-20H2,1-5H3,(H,36,38). The van der Waals surface area contributed by atoms with Crippen molar-refractivity contribution >= 4 is 25.3 Å². The normalized spacial score (nSPS) is 17.0. The van der Waals surface area contributed by atoms with Crippen molar-refractivity contribution in [3.8, 4) is 11.1 Å². The van der Waals surface area contributed by atoms with Gasteiger partial charge in [0.2, 0.25) is 0 Å². The van der Waals surface area contributed by atoms with Gasteiger partial charge in [0, 0.05) is 12.5 Å². The van der Waals surface area contributed by atoms with Crippen LogP contribution in [0.25, 0.3) is 17.2 Å². The molecule has 3 aromatic carbocycles. The fourth-order valence-corrected chi connectivity index (χ4v) is 5.23. The van der Waals surface area contributed by atoms with Crippen LogP contribution in [0.15, 0.2) is 72.2 Å². The Bertz CT molecular complexity index is 1470. The molecule has 0 atom stereocenters. The summed E-state index contributed by atoms with van der Waals surface area (Å²) in [5.41, 5.74) is 4.21. The summed E-state index contributed by atoms with van der Waals surface area (Å²) in [5, 5.41) is 2.82. The maximum absolute atomic E-state index is 14.4. The van der Waals surface area contributed by atoms with E-state index in [4.69, 9.17) is 18.8 Å². The minimum absolute atomic E-state index is 0.0413. The quantitative estimate of drug-likeness (QED) is 0.244. The second-order valence-corrected chi connectivity index (χ2v) is 11.4. The van der Waals surface area contributed by atoms with Gasteiger partial charge in [0.1, 0.15) is 12.4 Å². The van der Waals surface area contributed by atoms with Crippen LogP contribution in [0.3, 0.4) is 0 Å². The smallest absolute Gasteiger partial charge is 0.462 e. The van der Waals surface area contributed by atoms with Gasteiger partial charge in [-0.2, -0.15) is 0 Å². The Morgan fingerprint density at radius 3 is 2.12 bits per heavy atom. The zero-order chi connectivity index (χ0) is 30.1. The van der Waals surface area contributed by atoms with Crippen LogP contribution in [0.2, 0.25) is 0 Å². The van der Waals surface area contributed by atoms with Crippen LogP contribution in [-0.2, 0) is 18.8 Å². The number of halogens is 1. The molecule has 7 nitrogen and oxygen atoms in total. The molecule has 9 heteroatoms. The van der Waals surface area contributed by atoms with Crippen LogP contribution in [0.1, 0.15) is 67.6 Å². The lowest BCUT2D eigenvalue weighted by Gasteiger charge is -2.32. The van der Waals surface area contributed by atoms with E-state index in [0.717, 1.165) is 22.3 Å². The molecular formula is C33H35BFNO6. The summed E-state index contributed by atoms with van der Waals surface area (Å²) in [6.45, 7) is 9.73. The van der Waals surface area contributed by atoms with Gasteiger partial charge >= 0.3 is 19.2 Å². The zero-order valence-corrected chi connectivity index (χ0v) is 24.5. The van der Waals surface area contributed by atoms with Gasteiger partial charge < -0.3 is 24.1 Å². The molecule has 1 amide bonds. The van der Waals surface area contributed by atoms with E-state index in [-0.39, 0.29) is 31.2 Å². The first-order chi connectivity index (χ1) is 20.0. The first kappa shape index (κ1) is 29.5. The van der Waals surface area contributed by atoms with Gasteiger partial charge in [-0.25, -0.2) is 14.0 Å². The van der Waals surface area contributed by atoms with Crippen LogP contribution in [0, 0.1) is 5.82 Å². The summed E-state index contributed by atoms with van der Waals surface area (Å²) < 4.78 is 37.6. The van der Waals surface area contributed by atoms with E-state index in [1.807, 2.05) is 52.0 Å². The second kappa shape index (κ2) is 11.7. The van der Waals surface area contributed by atoms with Gasteiger partial charge in [0.15, 0.2) is 0 Å². The first-order valence-corrected chi connectivity index (χ1v) is 14.1. The number of fused-ring (bicyclic) bond motifs is 3. The van der Waals surface area contributed by atoms with Gasteiger partial charge in [-0.05, 0) is 80.0 Å². The molecule has 0 saturated carbocycles. The monoisotopic (exact) mass is 571 g/mol. The minimum atomic E-state index is -0.792. The van der Waals surface area contributed by atoms with Crippen LogP contribution in [0.4, 0.5) is 9.18 Å². The number of carbonyl (C=O) groups is 2. The molecule has 42 heavy (non-hydrogen) atoms. The summed E-state index contributed by atoms with van der Waals surface area (Å²) >= 11 is 0. The molecule has 1 aliphatic heterocycles. The van der Waals surface area contributed by atoms with Gasteiger partial charge in [0.25, 0.3) is 0 Å². The Kier molecular flexibility index (Phi) is 8.26. The number of nitrogens with one attached hydrogen (secondary N) is 1. The second-order valence-electron chi connectivity index (χ2n) is 11.4. The van der Waals surface area contributed by atoms with E-state index in [1.165, 1.54) is 18.2 Å². The van der Waals surface area contributed by atoms with E-state index < -0.39 is 36.2 Å². The number of carbonyl (C=O) groups excluding carboxylic acids is 2. The number of hydrogen-bond acceptors (Lipinski definition) is 6. The molecule has 1 saturated heterocycles. The van der Waals surface area contributed by atoms with Crippen molar-refractivity contribution in [1.29, 1.82) is 0 Å². The fraction of sp³-hybridized carbons (Fsp3) is 0.333. The predicted octanol–water partition coefficient (Wildman–Crippen LogP) is 6.56. The van der Waals surface area contributed by atoms with Crippen molar-refractivity contribution in [2.45, 2.75) is 51.7 Å². The maximum atomic E-state index is 14.4. The Hall–Kier alpha value is -3.95. The summed E-state index contributed by atoms with van der Waals surface area (Å²) in [4.78, 5) is 25.2. The Morgan fingerprint density at radius 2 is 1.52 bits per heavy atom. The lowest BCUT2D eigenvalue weighted by molar-refractivity contribution is 0.00578. The van der Waals surface area contributed by atoms with Gasteiger partial charge in [-0.15, -0.1) is 0 Å². The third-order valence-corrected chi connectivity index (χ3v) is 8.17. The summed E-state index contributed by atoms with van der Waals surface area (Å²) in [6.07, 6.45) is 1.12.